The van der Waals surface area contributed by atoms with Crippen LogP contribution in [-0.4, -0.2) is 32.5 Å². The van der Waals surface area contributed by atoms with E-state index in [0.717, 1.165) is 57.6 Å². The molecule has 2 heterocycles. The Morgan fingerprint density at radius 2 is 1.90 bits per heavy atom. The van der Waals surface area contributed by atoms with Gasteiger partial charge < -0.3 is 19.6 Å². The molecule has 0 aliphatic rings. The molecule has 5 aromatic rings. The Hall–Kier alpha value is -4.92. The van der Waals surface area contributed by atoms with Crippen LogP contribution < -0.4 is 5.32 Å². The van der Waals surface area contributed by atoms with Gasteiger partial charge in [0.1, 0.15) is 5.82 Å². The molecule has 0 unspecified atom stereocenters. The van der Waals surface area contributed by atoms with Crippen molar-refractivity contribution in [2.24, 2.45) is 0 Å². The first-order chi connectivity index (χ1) is 18.9. The lowest BCUT2D eigenvalue weighted by atomic mass is 9.98. The first kappa shape index (κ1) is 25.7. The summed E-state index contributed by atoms with van der Waals surface area (Å²) in [4.78, 5) is 31.1. The molecule has 198 valence electrons. The van der Waals surface area contributed by atoms with E-state index in [1.165, 1.54) is 13.2 Å². The van der Waals surface area contributed by atoms with Crippen LogP contribution in [0.25, 0.3) is 22.2 Å². The molecule has 9 heteroatoms. The summed E-state index contributed by atoms with van der Waals surface area (Å²) in [6, 6.07) is 20.9. The summed E-state index contributed by atoms with van der Waals surface area (Å²) in [7, 11) is 1.38. The Morgan fingerprint density at radius 1 is 1.13 bits per heavy atom. The standard InChI is InChI=1S/C30H29N5O4/c1-4-7-27-33-28-19(2)16-22(32-29-25(35(37)38)14-15-31-29)17-26(28)34(27)18-20-10-12-21(13-11-20)23-8-5-6-9-24(23)30(36)39-3/h5-6,8-17,31-32H,4,7,18H2,1-3H3. The average Bonchev–Trinajstić information content (AvgIpc) is 3.54. The first-order valence-corrected chi connectivity index (χ1v) is 12.7. The Balaban J connectivity index is 1.50. The van der Waals surface area contributed by atoms with Crippen molar-refractivity contribution in [1.29, 1.82) is 0 Å². The lowest BCUT2D eigenvalue weighted by molar-refractivity contribution is -0.383. The Kier molecular flexibility index (Phi) is 7.14. The minimum atomic E-state index is -0.416. The topological polar surface area (TPSA) is 115 Å². The van der Waals surface area contributed by atoms with Crippen LogP contribution in [-0.2, 0) is 17.7 Å². The van der Waals surface area contributed by atoms with Gasteiger partial charge in [0, 0.05) is 30.9 Å². The molecule has 39 heavy (non-hydrogen) atoms. The lowest BCUT2D eigenvalue weighted by Crippen LogP contribution is -2.06. The number of H-pyrrole nitrogens is 1. The first-order valence-electron chi connectivity index (χ1n) is 12.7. The van der Waals surface area contributed by atoms with Crippen LogP contribution in [0.5, 0.6) is 0 Å². The highest BCUT2D eigenvalue weighted by Gasteiger charge is 2.18. The molecule has 0 amide bonds. The molecule has 0 radical (unpaired) electrons. The molecule has 0 bridgehead atoms. The van der Waals surface area contributed by atoms with E-state index >= 15 is 0 Å². The minimum Gasteiger partial charge on any atom is -0.465 e. The number of aromatic amines is 1. The second-order valence-corrected chi connectivity index (χ2v) is 9.38. The zero-order valence-electron chi connectivity index (χ0n) is 22.0. The molecule has 5 rings (SSSR count). The number of methoxy groups -OCH3 is 1. The van der Waals surface area contributed by atoms with Gasteiger partial charge >= 0.3 is 11.7 Å². The fraction of sp³-hybridized carbons (Fsp3) is 0.200. The van der Waals surface area contributed by atoms with E-state index in [9.17, 15) is 14.9 Å². The quantitative estimate of drug-likeness (QED) is 0.125. The Bertz CT molecular complexity index is 1670. The fourth-order valence-electron chi connectivity index (χ4n) is 4.86. The molecule has 3 aromatic carbocycles. The summed E-state index contributed by atoms with van der Waals surface area (Å²) < 4.78 is 7.16. The predicted octanol–water partition coefficient (Wildman–Crippen LogP) is 6.78. The van der Waals surface area contributed by atoms with Crippen LogP contribution in [0, 0.1) is 17.0 Å². The maximum absolute atomic E-state index is 12.2. The van der Waals surface area contributed by atoms with Gasteiger partial charge in [-0.3, -0.25) is 10.1 Å². The van der Waals surface area contributed by atoms with Crippen molar-refractivity contribution in [2.45, 2.75) is 33.2 Å². The van der Waals surface area contributed by atoms with E-state index in [0.29, 0.717) is 17.9 Å². The van der Waals surface area contributed by atoms with Gasteiger partial charge in [0.2, 0.25) is 0 Å². The van der Waals surface area contributed by atoms with Crippen LogP contribution >= 0.6 is 0 Å². The Labute approximate surface area is 225 Å². The predicted molar refractivity (Wildman–Crippen MR) is 152 cm³/mol. The number of nitro groups is 1. The van der Waals surface area contributed by atoms with Gasteiger partial charge in [-0.1, -0.05) is 49.4 Å². The number of ether oxygens (including phenoxy) is 1. The summed E-state index contributed by atoms with van der Waals surface area (Å²) in [5, 5.41) is 14.5. The summed E-state index contributed by atoms with van der Waals surface area (Å²) in [6.45, 7) is 4.73. The fourth-order valence-corrected chi connectivity index (χ4v) is 4.86. The highest BCUT2D eigenvalue weighted by Crippen LogP contribution is 2.31. The number of carbonyl (C=O) groups excluding carboxylic acids is 1. The van der Waals surface area contributed by atoms with Crippen LogP contribution in [0.2, 0.25) is 0 Å². The molecular formula is C30H29N5O4. The molecule has 2 aromatic heterocycles. The SMILES string of the molecule is CCCc1nc2c(C)cc(Nc3[nH]ccc3[N+](=O)[O-])cc2n1Cc1ccc(-c2ccccc2C(=O)OC)cc1. The van der Waals surface area contributed by atoms with Crippen molar-refractivity contribution in [1.82, 2.24) is 14.5 Å². The summed E-state index contributed by atoms with van der Waals surface area (Å²) in [5.74, 6) is 0.952. The number of nitrogens with zero attached hydrogens (tertiary/aromatic N) is 3. The van der Waals surface area contributed by atoms with Gasteiger partial charge in [0.05, 0.1) is 28.6 Å². The number of aromatic nitrogens is 3. The van der Waals surface area contributed by atoms with Crippen molar-refractivity contribution in [2.75, 3.05) is 12.4 Å². The monoisotopic (exact) mass is 523 g/mol. The van der Waals surface area contributed by atoms with Crippen molar-refractivity contribution in [3.8, 4) is 11.1 Å². The van der Waals surface area contributed by atoms with Crippen LogP contribution in [0.15, 0.2) is 72.9 Å². The molecule has 9 nitrogen and oxygen atoms in total. The normalized spacial score (nSPS) is 11.1. The highest BCUT2D eigenvalue weighted by atomic mass is 16.6. The molecule has 2 N–H and O–H groups in total. The number of hydrogen-bond acceptors (Lipinski definition) is 6. The van der Waals surface area contributed by atoms with Crippen LogP contribution in [0.4, 0.5) is 17.2 Å². The maximum atomic E-state index is 12.2. The molecular weight excluding hydrogens is 494 g/mol. The number of imidazole rings is 1. The number of carbonyl (C=O) groups is 1. The van der Waals surface area contributed by atoms with Crippen molar-refractivity contribution in [3.63, 3.8) is 0 Å². The van der Waals surface area contributed by atoms with E-state index in [4.69, 9.17) is 9.72 Å². The largest absolute Gasteiger partial charge is 0.465 e. The third-order valence-corrected chi connectivity index (χ3v) is 6.73. The number of aryl methyl sites for hydroxylation is 2. The summed E-state index contributed by atoms with van der Waals surface area (Å²) in [5.41, 5.74) is 6.93. The minimum absolute atomic E-state index is 0.0122. The second kappa shape index (κ2) is 10.8. The van der Waals surface area contributed by atoms with E-state index in [2.05, 4.69) is 33.9 Å². The zero-order chi connectivity index (χ0) is 27.5. The van der Waals surface area contributed by atoms with E-state index < -0.39 is 4.92 Å². The molecule has 0 saturated carbocycles. The average molecular weight is 524 g/mol. The van der Waals surface area contributed by atoms with Gasteiger partial charge in [0.25, 0.3) is 0 Å². The molecule has 0 saturated heterocycles. The van der Waals surface area contributed by atoms with Crippen LogP contribution in [0.3, 0.4) is 0 Å². The van der Waals surface area contributed by atoms with Gasteiger partial charge in [-0.15, -0.1) is 0 Å². The van der Waals surface area contributed by atoms with Crippen molar-refractivity contribution < 1.29 is 14.5 Å². The van der Waals surface area contributed by atoms with Gasteiger partial charge in [-0.25, -0.2) is 9.78 Å². The zero-order valence-corrected chi connectivity index (χ0v) is 22.0. The number of hydrogen-bond donors (Lipinski definition) is 2. The number of esters is 1. The summed E-state index contributed by atoms with van der Waals surface area (Å²) >= 11 is 0. The van der Waals surface area contributed by atoms with Crippen molar-refractivity contribution >= 4 is 34.2 Å². The molecule has 0 aliphatic carbocycles. The molecule has 0 spiro atoms. The lowest BCUT2D eigenvalue weighted by Gasteiger charge is -2.12. The molecule has 0 aliphatic heterocycles. The highest BCUT2D eigenvalue weighted by molar-refractivity contribution is 5.97. The van der Waals surface area contributed by atoms with Crippen LogP contribution in [0.1, 0.15) is 40.7 Å². The summed E-state index contributed by atoms with van der Waals surface area (Å²) in [6.07, 6.45) is 3.32. The Morgan fingerprint density at radius 3 is 2.62 bits per heavy atom. The molecule has 0 fully saturated rings. The van der Waals surface area contributed by atoms with Gasteiger partial charge in [-0.05, 0) is 53.8 Å². The maximum Gasteiger partial charge on any atom is 0.338 e. The smallest absolute Gasteiger partial charge is 0.338 e. The van der Waals surface area contributed by atoms with Gasteiger partial charge in [0.15, 0.2) is 5.82 Å². The number of anilines is 2. The van der Waals surface area contributed by atoms with Gasteiger partial charge in [-0.2, -0.15) is 0 Å². The van der Waals surface area contributed by atoms with E-state index in [1.54, 1.807) is 12.3 Å². The number of fused-ring (bicyclic) bond motifs is 1. The number of rotatable bonds is 9. The van der Waals surface area contributed by atoms with E-state index in [-0.39, 0.29) is 11.7 Å². The molecule has 0 atom stereocenters. The third kappa shape index (κ3) is 5.11. The second-order valence-electron chi connectivity index (χ2n) is 9.38. The number of nitrogens with one attached hydrogen (secondary N) is 2. The van der Waals surface area contributed by atoms with Crippen molar-refractivity contribution in [3.05, 3.63) is 106 Å². The van der Waals surface area contributed by atoms with E-state index in [1.807, 2.05) is 49.4 Å². The number of benzene rings is 3. The third-order valence-electron chi connectivity index (χ3n) is 6.73.